The van der Waals surface area contributed by atoms with Crippen LogP contribution in [0.5, 0.6) is 0 Å². The average molecular weight is 389 g/mol. The number of carbonyl (C=O) groups is 2. The van der Waals surface area contributed by atoms with Crippen molar-refractivity contribution in [3.8, 4) is 0 Å². The summed E-state index contributed by atoms with van der Waals surface area (Å²) in [5.41, 5.74) is 1.98. The Morgan fingerprint density at radius 2 is 1.46 bits per heavy atom. The summed E-state index contributed by atoms with van der Waals surface area (Å²) in [5.74, 6) is -0.173. The molecule has 0 saturated heterocycles. The van der Waals surface area contributed by atoms with E-state index >= 15 is 0 Å². The zero-order valence-electron chi connectivity index (χ0n) is 13.6. The molecule has 2 amide bonds. The van der Waals surface area contributed by atoms with Crippen LogP contribution < -0.4 is 10.6 Å². The fourth-order valence-corrected chi connectivity index (χ4v) is 2.46. The van der Waals surface area contributed by atoms with E-state index in [-0.39, 0.29) is 11.8 Å². The maximum absolute atomic E-state index is 12.2. The Bertz CT molecular complexity index is 682. The van der Waals surface area contributed by atoms with Crippen molar-refractivity contribution >= 4 is 39.1 Å². The van der Waals surface area contributed by atoms with Crippen molar-refractivity contribution in [2.24, 2.45) is 0 Å². The molecular formula is C19H21BrN2O2. The third-order valence-electron chi connectivity index (χ3n) is 3.54. The highest BCUT2D eigenvalue weighted by molar-refractivity contribution is 9.10. The lowest BCUT2D eigenvalue weighted by atomic mass is 10.1. The summed E-state index contributed by atoms with van der Waals surface area (Å²) in [6.45, 7) is 2.11. The number of hydrogen-bond acceptors (Lipinski definition) is 2. The SMILES string of the molecule is CCCCCC(=O)Nc1ccc(C(=O)Nc2ccc(Br)cc2)cc1. The van der Waals surface area contributed by atoms with Crippen LogP contribution in [0.4, 0.5) is 11.4 Å². The molecular weight excluding hydrogens is 368 g/mol. The van der Waals surface area contributed by atoms with Gasteiger partial charge in [0.25, 0.3) is 5.91 Å². The molecule has 2 rings (SSSR count). The van der Waals surface area contributed by atoms with Gasteiger partial charge in [-0.3, -0.25) is 9.59 Å². The molecule has 0 saturated carbocycles. The maximum atomic E-state index is 12.2. The predicted octanol–water partition coefficient (Wildman–Crippen LogP) is 5.22. The molecule has 0 aliphatic carbocycles. The zero-order chi connectivity index (χ0) is 17.4. The molecule has 126 valence electrons. The number of nitrogens with one attached hydrogen (secondary N) is 2. The predicted molar refractivity (Wildman–Crippen MR) is 101 cm³/mol. The van der Waals surface area contributed by atoms with E-state index in [1.54, 1.807) is 24.3 Å². The number of benzene rings is 2. The van der Waals surface area contributed by atoms with Gasteiger partial charge in [-0.05, 0) is 55.0 Å². The Hall–Kier alpha value is -2.14. The molecule has 2 N–H and O–H groups in total. The highest BCUT2D eigenvalue weighted by Gasteiger charge is 2.07. The number of unbranched alkanes of at least 4 members (excludes halogenated alkanes) is 2. The lowest BCUT2D eigenvalue weighted by molar-refractivity contribution is -0.116. The van der Waals surface area contributed by atoms with Gasteiger partial charge in [-0.2, -0.15) is 0 Å². The Morgan fingerprint density at radius 3 is 2.08 bits per heavy atom. The third kappa shape index (κ3) is 5.81. The van der Waals surface area contributed by atoms with Gasteiger partial charge in [0.1, 0.15) is 0 Å². The molecule has 4 nitrogen and oxygen atoms in total. The van der Waals surface area contributed by atoms with Crippen molar-refractivity contribution in [2.45, 2.75) is 32.6 Å². The summed E-state index contributed by atoms with van der Waals surface area (Å²) < 4.78 is 0.958. The number of halogens is 1. The molecule has 2 aromatic rings. The normalized spacial score (nSPS) is 10.2. The lowest BCUT2D eigenvalue weighted by Gasteiger charge is -2.08. The van der Waals surface area contributed by atoms with Gasteiger partial charge in [0.15, 0.2) is 0 Å². The molecule has 0 radical (unpaired) electrons. The Kier molecular flexibility index (Phi) is 7.00. The number of anilines is 2. The van der Waals surface area contributed by atoms with E-state index < -0.39 is 0 Å². The minimum atomic E-state index is -0.182. The van der Waals surface area contributed by atoms with Crippen LogP contribution in [0.3, 0.4) is 0 Å². The van der Waals surface area contributed by atoms with Crippen molar-refractivity contribution in [1.29, 1.82) is 0 Å². The highest BCUT2D eigenvalue weighted by Crippen LogP contribution is 2.16. The van der Waals surface area contributed by atoms with Crippen LogP contribution in [0.2, 0.25) is 0 Å². The average Bonchev–Trinajstić information content (AvgIpc) is 2.58. The molecule has 0 atom stereocenters. The second kappa shape index (κ2) is 9.23. The van der Waals surface area contributed by atoms with Gasteiger partial charge < -0.3 is 10.6 Å². The van der Waals surface area contributed by atoms with Crippen molar-refractivity contribution in [3.05, 3.63) is 58.6 Å². The van der Waals surface area contributed by atoms with Crippen LogP contribution in [0.1, 0.15) is 43.0 Å². The van der Waals surface area contributed by atoms with Crippen LogP contribution in [-0.4, -0.2) is 11.8 Å². The maximum Gasteiger partial charge on any atom is 0.255 e. The summed E-state index contributed by atoms with van der Waals surface area (Å²) in [4.78, 5) is 24.0. The van der Waals surface area contributed by atoms with E-state index in [0.717, 1.165) is 29.4 Å². The van der Waals surface area contributed by atoms with Crippen molar-refractivity contribution in [2.75, 3.05) is 10.6 Å². The molecule has 5 heteroatoms. The molecule has 0 fully saturated rings. The zero-order valence-corrected chi connectivity index (χ0v) is 15.2. The van der Waals surface area contributed by atoms with Crippen molar-refractivity contribution in [1.82, 2.24) is 0 Å². The van der Waals surface area contributed by atoms with E-state index in [9.17, 15) is 9.59 Å². The van der Waals surface area contributed by atoms with E-state index in [2.05, 4.69) is 33.5 Å². The quantitative estimate of drug-likeness (QED) is 0.638. The second-order valence-corrected chi connectivity index (χ2v) is 6.46. The van der Waals surface area contributed by atoms with Gasteiger partial charge in [0.2, 0.25) is 5.91 Å². The summed E-state index contributed by atoms with van der Waals surface area (Å²) >= 11 is 3.36. The molecule has 0 spiro atoms. The summed E-state index contributed by atoms with van der Waals surface area (Å²) in [5, 5.41) is 5.68. The number of rotatable bonds is 7. The first kappa shape index (κ1) is 18.2. The Morgan fingerprint density at radius 1 is 0.875 bits per heavy atom. The van der Waals surface area contributed by atoms with Gasteiger partial charge in [-0.15, -0.1) is 0 Å². The van der Waals surface area contributed by atoms with Crippen molar-refractivity contribution in [3.63, 3.8) is 0 Å². The number of carbonyl (C=O) groups excluding carboxylic acids is 2. The van der Waals surface area contributed by atoms with E-state index in [4.69, 9.17) is 0 Å². The van der Waals surface area contributed by atoms with E-state index in [1.807, 2.05) is 24.3 Å². The molecule has 2 aromatic carbocycles. The summed E-state index contributed by atoms with van der Waals surface area (Å²) in [6.07, 6.45) is 3.58. The molecule has 0 aliphatic heterocycles. The standard InChI is InChI=1S/C19H21BrN2O2/c1-2-3-4-5-18(23)21-16-10-6-14(7-11-16)19(24)22-17-12-8-15(20)9-13-17/h6-13H,2-5H2,1H3,(H,21,23)(H,22,24). The molecule has 0 aliphatic rings. The van der Waals surface area contributed by atoms with E-state index in [1.165, 1.54) is 0 Å². The Balaban J connectivity index is 1.89. The largest absolute Gasteiger partial charge is 0.326 e. The first-order valence-corrected chi connectivity index (χ1v) is 8.84. The Labute approximate surface area is 150 Å². The molecule has 0 heterocycles. The summed E-state index contributed by atoms with van der Waals surface area (Å²) in [6, 6.07) is 14.3. The van der Waals surface area contributed by atoms with Gasteiger partial charge in [0, 0.05) is 27.8 Å². The lowest BCUT2D eigenvalue weighted by Crippen LogP contribution is -2.13. The summed E-state index contributed by atoms with van der Waals surface area (Å²) in [7, 11) is 0. The van der Waals surface area contributed by atoms with Gasteiger partial charge in [0.05, 0.1) is 0 Å². The molecule has 24 heavy (non-hydrogen) atoms. The molecule has 0 aromatic heterocycles. The van der Waals surface area contributed by atoms with Crippen LogP contribution in [0, 0.1) is 0 Å². The van der Waals surface area contributed by atoms with Crippen LogP contribution in [0.25, 0.3) is 0 Å². The fourth-order valence-electron chi connectivity index (χ4n) is 2.20. The van der Waals surface area contributed by atoms with Crippen molar-refractivity contribution < 1.29 is 9.59 Å². The highest BCUT2D eigenvalue weighted by atomic mass is 79.9. The minimum Gasteiger partial charge on any atom is -0.326 e. The van der Waals surface area contributed by atoms with Crippen LogP contribution >= 0.6 is 15.9 Å². The molecule has 0 bridgehead atoms. The van der Waals surface area contributed by atoms with Crippen LogP contribution in [-0.2, 0) is 4.79 Å². The number of hydrogen-bond donors (Lipinski definition) is 2. The first-order chi connectivity index (χ1) is 11.6. The number of amides is 2. The topological polar surface area (TPSA) is 58.2 Å². The first-order valence-electron chi connectivity index (χ1n) is 8.05. The van der Waals surface area contributed by atoms with Crippen LogP contribution in [0.15, 0.2) is 53.0 Å². The minimum absolute atomic E-state index is 0.00974. The fraction of sp³-hybridized carbons (Fsp3) is 0.263. The smallest absolute Gasteiger partial charge is 0.255 e. The van der Waals surface area contributed by atoms with Gasteiger partial charge in [-0.25, -0.2) is 0 Å². The monoisotopic (exact) mass is 388 g/mol. The van der Waals surface area contributed by atoms with E-state index in [0.29, 0.717) is 17.7 Å². The van der Waals surface area contributed by atoms with Gasteiger partial charge >= 0.3 is 0 Å². The third-order valence-corrected chi connectivity index (χ3v) is 4.07. The van der Waals surface area contributed by atoms with Gasteiger partial charge in [-0.1, -0.05) is 35.7 Å². The second-order valence-electron chi connectivity index (χ2n) is 5.54. The molecule has 0 unspecified atom stereocenters.